The van der Waals surface area contributed by atoms with E-state index < -0.39 is 0 Å². The smallest absolute Gasteiger partial charge is 0.290 e. The van der Waals surface area contributed by atoms with Crippen LogP contribution in [0.5, 0.6) is 0 Å². The number of rotatable bonds is 13. The Bertz CT molecular complexity index is 1090. The maximum atomic E-state index is 13.6. The number of hydrogen-bond acceptors (Lipinski definition) is 6. The van der Waals surface area contributed by atoms with Crippen molar-refractivity contribution in [3.63, 3.8) is 0 Å². The van der Waals surface area contributed by atoms with E-state index in [1.807, 2.05) is 36.5 Å². The molecule has 9 heteroatoms. The van der Waals surface area contributed by atoms with Crippen molar-refractivity contribution in [2.45, 2.75) is 13.1 Å². The molecule has 2 aromatic heterocycles. The van der Waals surface area contributed by atoms with Crippen LogP contribution in [0.25, 0.3) is 0 Å². The predicted octanol–water partition coefficient (Wildman–Crippen LogP) is 2.58. The van der Waals surface area contributed by atoms with Crippen LogP contribution in [0.4, 0.5) is 0 Å². The van der Waals surface area contributed by atoms with Gasteiger partial charge in [-0.05, 0) is 29.8 Å². The largest absolute Gasteiger partial charge is 0.459 e. The number of hydrogen-bond donors (Lipinski definition) is 0. The summed E-state index contributed by atoms with van der Waals surface area (Å²) in [4.78, 5) is 32.4. The molecule has 0 saturated carbocycles. The summed E-state index contributed by atoms with van der Waals surface area (Å²) in [7, 11) is 1.62. The van der Waals surface area contributed by atoms with Gasteiger partial charge >= 0.3 is 0 Å². The molecule has 198 valence electrons. The van der Waals surface area contributed by atoms with Crippen LogP contribution < -0.4 is 0 Å². The predicted molar refractivity (Wildman–Crippen MR) is 139 cm³/mol. The number of amides is 2. The van der Waals surface area contributed by atoms with Gasteiger partial charge in [0.2, 0.25) is 5.91 Å². The molecule has 0 N–H and O–H groups in total. The normalized spacial score (nSPS) is 14.0. The van der Waals surface area contributed by atoms with E-state index in [0.29, 0.717) is 46.0 Å². The lowest BCUT2D eigenvalue weighted by Gasteiger charge is -2.31. The maximum absolute atomic E-state index is 13.6. The number of ether oxygens (including phenoxy) is 2. The van der Waals surface area contributed by atoms with Gasteiger partial charge in [-0.3, -0.25) is 14.5 Å². The molecule has 2 amide bonds. The molecule has 1 fully saturated rings. The average Bonchev–Trinajstić information content (AvgIpc) is 3.62. The highest BCUT2D eigenvalue weighted by molar-refractivity contribution is 5.94. The lowest BCUT2D eigenvalue weighted by atomic mass is 10.2. The summed E-state index contributed by atoms with van der Waals surface area (Å²) in [6, 6.07) is 17.6. The van der Waals surface area contributed by atoms with Gasteiger partial charge in [0, 0.05) is 58.3 Å². The second-order valence-corrected chi connectivity index (χ2v) is 9.08. The molecular formula is C28H36N4O5. The first-order valence-corrected chi connectivity index (χ1v) is 12.7. The fraction of sp³-hybridized carbons (Fsp3) is 0.429. The van der Waals surface area contributed by atoms with E-state index in [1.165, 1.54) is 11.8 Å². The Balaban J connectivity index is 1.45. The molecule has 9 nitrogen and oxygen atoms in total. The Morgan fingerprint density at radius 1 is 0.973 bits per heavy atom. The Morgan fingerprint density at radius 2 is 1.78 bits per heavy atom. The third-order valence-corrected chi connectivity index (χ3v) is 6.53. The van der Waals surface area contributed by atoms with E-state index in [1.54, 1.807) is 29.0 Å². The minimum atomic E-state index is -0.286. The molecule has 0 atom stereocenters. The molecule has 1 aromatic carbocycles. The lowest BCUT2D eigenvalue weighted by Crippen LogP contribution is -2.47. The zero-order valence-electron chi connectivity index (χ0n) is 21.5. The van der Waals surface area contributed by atoms with Crippen LogP contribution in [-0.2, 0) is 27.4 Å². The maximum Gasteiger partial charge on any atom is 0.290 e. The fourth-order valence-corrected chi connectivity index (χ4v) is 4.38. The van der Waals surface area contributed by atoms with Gasteiger partial charge in [-0.25, -0.2) is 0 Å². The monoisotopic (exact) mass is 508 g/mol. The lowest BCUT2D eigenvalue weighted by molar-refractivity contribution is -0.133. The number of aromatic nitrogens is 1. The van der Waals surface area contributed by atoms with Crippen molar-refractivity contribution < 1.29 is 23.5 Å². The molecule has 0 unspecified atom stereocenters. The van der Waals surface area contributed by atoms with Crippen LogP contribution in [0.3, 0.4) is 0 Å². The number of furan rings is 1. The fourth-order valence-electron chi connectivity index (χ4n) is 4.38. The highest BCUT2D eigenvalue weighted by Gasteiger charge is 2.25. The first kappa shape index (κ1) is 26.7. The highest BCUT2D eigenvalue weighted by atomic mass is 16.5. The molecule has 0 radical (unpaired) electrons. The second kappa shape index (κ2) is 13.8. The first-order valence-electron chi connectivity index (χ1n) is 12.7. The zero-order valence-corrected chi connectivity index (χ0v) is 21.5. The van der Waals surface area contributed by atoms with Crippen LogP contribution in [0, 0.1) is 0 Å². The van der Waals surface area contributed by atoms with Crippen LogP contribution >= 0.6 is 0 Å². The van der Waals surface area contributed by atoms with Crippen molar-refractivity contribution in [3.05, 3.63) is 84.1 Å². The third-order valence-electron chi connectivity index (χ3n) is 6.53. The quantitative estimate of drug-likeness (QED) is 0.353. The molecule has 0 bridgehead atoms. The molecule has 1 saturated heterocycles. The third kappa shape index (κ3) is 7.79. The van der Waals surface area contributed by atoms with Crippen LogP contribution in [0.2, 0.25) is 0 Å². The molecule has 0 aliphatic carbocycles. The van der Waals surface area contributed by atoms with E-state index in [-0.39, 0.29) is 24.1 Å². The summed E-state index contributed by atoms with van der Waals surface area (Å²) < 4.78 is 18.2. The van der Waals surface area contributed by atoms with Crippen molar-refractivity contribution in [1.29, 1.82) is 0 Å². The van der Waals surface area contributed by atoms with Gasteiger partial charge in [0.25, 0.3) is 5.91 Å². The first-order chi connectivity index (χ1) is 18.1. The van der Waals surface area contributed by atoms with Crippen molar-refractivity contribution in [2.75, 3.05) is 66.2 Å². The number of benzene rings is 1. The minimum Gasteiger partial charge on any atom is -0.459 e. The molecule has 1 aliphatic rings. The summed E-state index contributed by atoms with van der Waals surface area (Å²) in [5.74, 6) is -0.188. The van der Waals surface area contributed by atoms with Gasteiger partial charge in [0.05, 0.1) is 32.6 Å². The number of methoxy groups -OCH3 is 1. The van der Waals surface area contributed by atoms with Crippen LogP contribution in [0.15, 0.2) is 71.5 Å². The molecule has 1 aliphatic heterocycles. The van der Waals surface area contributed by atoms with Crippen molar-refractivity contribution in [2.24, 2.45) is 0 Å². The summed E-state index contributed by atoms with van der Waals surface area (Å²) >= 11 is 0. The van der Waals surface area contributed by atoms with E-state index in [2.05, 4.69) is 21.6 Å². The molecule has 4 rings (SSSR count). The zero-order chi connectivity index (χ0) is 25.9. The SMILES string of the molecule is COCCN(Cc1cccn1Cc1ccccc1)C(=O)CN(CCN1CCOCC1)C(=O)c1ccco1. The number of carbonyl (C=O) groups is 2. The van der Waals surface area contributed by atoms with E-state index in [4.69, 9.17) is 13.9 Å². The Labute approximate surface area is 218 Å². The van der Waals surface area contributed by atoms with E-state index in [0.717, 1.165) is 25.3 Å². The Hall–Kier alpha value is -3.40. The molecule has 0 spiro atoms. The molecule has 37 heavy (non-hydrogen) atoms. The molecule has 3 aromatic rings. The van der Waals surface area contributed by atoms with Gasteiger partial charge in [-0.1, -0.05) is 30.3 Å². The van der Waals surface area contributed by atoms with Crippen LogP contribution in [0.1, 0.15) is 21.8 Å². The van der Waals surface area contributed by atoms with Crippen molar-refractivity contribution >= 4 is 11.8 Å². The van der Waals surface area contributed by atoms with Crippen LogP contribution in [-0.4, -0.2) is 97.3 Å². The summed E-state index contributed by atoms with van der Waals surface area (Å²) in [6.45, 7) is 6.03. The summed E-state index contributed by atoms with van der Waals surface area (Å²) in [6.07, 6.45) is 3.50. The van der Waals surface area contributed by atoms with Gasteiger partial charge < -0.3 is 28.3 Å². The summed E-state index contributed by atoms with van der Waals surface area (Å²) in [5.41, 5.74) is 2.21. The molecular weight excluding hydrogens is 472 g/mol. The average molecular weight is 509 g/mol. The minimum absolute atomic E-state index is 0.0347. The van der Waals surface area contributed by atoms with Crippen molar-refractivity contribution in [1.82, 2.24) is 19.3 Å². The van der Waals surface area contributed by atoms with E-state index >= 15 is 0 Å². The molecule has 3 heterocycles. The Kier molecular flexibility index (Phi) is 9.93. The van der Waals surface area contributed by atoms with Crippen molar-refractivity contribution in [3.8, 4) is 0 Å². The number of carbonyl (C=O) groups excluding carboxylic acids is 2. The number of nitrogens with zero attached hydrogens (tertiary/aromatic N) is 4. The highest BCUT2D eigenvalue weighted by Crippen LogP contribution is 2.13. The van der Waals surface area contributed by atoms with E-state index in [9.17, 15) is 9.59 Å². The van der Waals surface area contributed by atoms with Gasteiger partial charge in [-0.15, -0.1) is 0 Å². The Morgan fingerprint density at radius 3 is 2.51 bits per heavy atom. The summed E-state index contributed by atoms with van der Waals surface area (Å²) in [5, 5.41) is 0. The van der Waals surface area contributed by atoms with Gasteiger partial charge in [0.1, 0.15) is 6.54 Å². The standard InChI is InChI=1S/C28H36N4O5/c1-35-18-16-31(22-25-9-5-11-30(25)21-24-7-3-2-4-8-24)27(33)23-32(28(34)26-10-6-17-37-26)13-12-29-14-19-36-20-15-29/h2-11,17H,12-16,18-23H2,1H3. The number of morpholine rings is 1. The van der Waals surface area contributed by atoms with Gasteiger partial charge in [0.15, 0.2) is 5.76 Å². The van der Waals surface area contributed by atoms with Gasteiger partial charge in [-0.2, -0.15) is 0 Å². The topological polar surface area (TPSA) is 80.4 Å². The second-order valence-electron chi connectivity index (χ2n) is 9.08.